The van der Waals surface area contributed by atoms with Crippen molar-refractivity contribution in [3.8, 4) is 28.7 Å². The smallest absolute Gasteiger partial charge is 0.434 e. The first-order valence-electron chi connectivity index (χ1n) is 14.1. The van der Waals surface area contributed by atoms with Gasteiger partial charge in [0.15, 0.2) is 11.5 Å². The van der Waals surface area contributed by atoms with Crippen molar-refractivity contribution in [1.82, 2.24) is 29.5 Å². The molecular formula is C30H32F3N7O2S. The van der Waals surface area contributed by atoms with Gasteiger partial charge in [-0.2, -0.15) is 13.2 Å². The van der Waals surface area contributed by atoms with Crippen LogP contribution in [0.2, 0.25) is 0 Å². The van der Waals surface area contributed by atoms with Crippen molar-refractivity contribution >= 4 is 17.6 Å². The predicted octanol–water partition coefficient (Wildman–Crippen LogP) is 6.58. The molecule has 3 aromatic heterocycles. The quantitative estimate of drug-likeness (QED) is 0.205. The molecule has 1 aromatic carbocycles. The molecule has 1 unspecified atom stereocenters. The fourth-order valence-electron chi connectivity index (χ4n) is 5.37. The lowest BCUT2D eigenvalue weighted by Crippen LogP contribution is -2.40. The Balaban J connectivity index is 1.37. The average molecular weight is 612 g/mol. The van der Waals surface area contributed by atoms with Crippen molar-refractivity contribution in [2.75, 3.05) is 38.0 Å². The van der Waals surface area contributed by atoms with Gasteiger partial charge in [-0.1, -0.05) is 24.3 Å². The van der Waals surface area contributed by atoms with E-state index in [0.717, 1.165) is 46.6 Å². The summed E-state index contributed by atoms with van der Waals surface area (Å²) in [6, 6.07) is 7.12. The molecule has 43 heavy (non-hydrogen) atoms. The molecule has 0 spiro atoms. The SMILES string of the molecule is COc1ncnc(C2CC2)c1-c1ncc(SC)c(N2CCOCC2c2ccc(-c3nc(C(F)(F)F)cn3C(C)C)cc2)n1. The second kappa shape index (κ2) is 11.8. The van der Waals surface area contributed by atoms with E-state index in [4.69, 9.17) is 19.4 Å². The number of nitrogens with zero attached hydrogens (tertiary/aromatic N) is 7. The number of rotatable bonds is 8. The van der Waals surface area contributed by atoms with Gasteiger partial charge in [0.2, 0.25) is 5.88 Å². The third-order valence-electron chi connectivity index (χ3n) is 7.71. The lowest BCUT2D eigenvalue weighted by atomic mass is 10.0. The summed E-state index contributed by atoms with van der Waals surface area (Å²) in [5.41, 5.74) is 2.27. The zero-order chi connectivity index (χ0) is 30.3. The summed E-state index contributed by atoms with van der Waals surface area (Å²) in [7, 11) is 1.58. The topological polar surface area (TPSA) is 91.1 Å². The molecule has 1 saturated heterocycles. The minimum absolute atomic E-state index is 0.177. The largest absolute Gasteiger partial charge is 0.480 e. The molecule has 0 bridgehead atoms. The number of benzene rings is 1. The monoisotopic (exact) mass is 611 g/mol. The summed E-state index contributed by atoms with van der Waals surface area (Å²) in [5, 5.41) is 0. The number of methoxy groups -OCH3 is 1. The fraction of sp³-hybridized carbons (Fsp3) is 0.433. The van der Waals surface area contributed by atoms with Gasteiger partial charge in [0.25, 0.3) is 0 Å². The van der Waals surface area contributed by atoms with Gasteiger partial charge in [0.05, 0.1) is 37.0 Å². The van der Waals surface area contributed by atoms with Gasteiger partial charge in [0, 0.05) is 36.5 Å². The number of hydrogen-bond donors (Lipinski definition) is 0. The number of thioether (sulfide) groups is 1. The number of alkyl halides is 3. The minimum atomic E-state index is -4.52. The van der Waals surface area contributed by atoms with Crippen LogP contribution in [-0.2, 0) is 10.9 Å². The van der Waals surface area contributed by atoms with Crippen LogP contribution in [0, 0.1) is 0 Å². The number of hydrogen-bond acceptors (Lipinski definition) is 9. The van der Waals surface area contributed by atoms with Crippen molar-refractivity contribution in [3.63, 3.8) is 0 Å². The van der Waals surface area contributed by atoms with Gasteiger partial charge in [0.1, 0.15) is 23.5 Å². The number of aromatic nitrogens is 6. The maximum atomic E-state index is 13.5. The lowest BCUT2D eigenvalue weighted by Gasteiger charge is -2.37. The van der Waals surface area contributed by atoms with E-state index in [1.165, 1.54) is 6.33 Å². The number of ether oxygens (including phenoxy) is 2. The van der Waals surface area contributed by atoms with Crippen LogP contribution >= 0.6 is 11.8 Å². The molecule has 2 aliphatic rings. The van der Waals surface area contributed by atoms with E-state index < -0.39 is 11.9 Å². The van der Waals surface area contributed by atoms with E-state index in [1.807, 2.05) is 50.6 Å². The fourth-order valence-corrected chi connectivity index (χ4v) is 5.87. The van der Waals surface area contributed by atoms with Crippen LogP contribution in [0.1, 0.15) is 61.6 Å². The van der Waals surface area contributed by atoms with E-state index in [1.54, 1.807) is 23.4 Å². The highest BCUT2D eigenvalue weighted by Crippen LogP contribution is 2.45. The molecule has 1 atom stereocenters. The minimum Gasteiger partial charge on any atom is -0.480 e. The summed E-state index contributed by atoms with van der Waals surface area (Å²) in [6.07, 6.45) is 3.99. The second-order valence-electron chi connectivity index (χ2n) is 10.9. The summed E-state index contributed by atoms with van der Waals surface area (Å²) in [6.45, 7) is 5.22. The molecule has 1 aliphatic carbocycles. The normalized spacial score (nSPS) is 17.5. The van der Waals surface area contributed by atoms with E-state index >= 15 is 0 Å². The molecule has 4 aromatic rings. The molecule has 0 N–H and O–H groups in total. The Morgan fingerprint density at radius 2 is 1.84 bits per heavy atom. The maximum absolute atomic E-state index is 13.5. The average Bonchev–Trinajstić information content (AvgIpc) is 3.76. The summed E-state index contributed by atoms with van der Waals surface area (Å²) < 4.78 is 53.4. The van der Waals surface area contributed by atoms with Crippen molar-refractivity contribution < 1.29 is 22.6 Å². The second-order valence-corrected chi connectivity index (χ2v) is 11.7. The highest BCUT2D eigenvalue weighted by molar-refractivity contribution is 7.98. The van der Waals surface area contributed by atoms with Crippen molar-refractivity contribution in [2.45, 2.75) is 55.8 Å². The molecule has 2 fully saturated rings. The number of morpholine rings is 1. The third kappa shape index (κ3) is 5.79. The van der Waals surface area contributed by atoms with E-state index in [9.17, 15) is 13.2 Å². The summed E-state index contributed by atoms with van der Waals surface area (Å²) in [4.78, 5) is 25.7. The summed E-state index contributed by atoms with van der Waals surface area (Å²) >= 11 is 1.56. The van der Waals surface area contributed by atoms with Gasteiger partial charge < -0.3 is 18.9 Å². The Bertz CT molecular complexity index is 1610. The first-order valence-corrected chi connectivity index (χ1v) is 15.3. The van der Waals surface area contributed by atoms with Gasteiger partial charge in [-0.25, -0.2) is 24.9 Å². The molecule has 4 heterocycles. The Morgan fingerprint density at radius 3 is 2.49 bits per heavy atom. The number of imidazole rings is 1. The van der Waals surface area contributed by atoms with Gasteiger partial charge in [-0.05, 0) is 38.5 Å². The van der Waals surface area contributed by atoms with E-state index in [0.29, 0.717) is 42.9 Å². The van der Waals surface area contributed by atoms with Gasteiger partial charge in [-0.3, -0.25) is 0 Å². The Labute approximate surface area is 251 Å². The standard InChI is InChI=1S/C30H32F3N7O2S/c1-17(2)40-14-23(30(31,32)33)37-27(40)20-9-5-18(6-10-20)21-15-42-12-11-39(21)28-22(43-4)13-34-26(38-28)24-25(19-7-8-19)35-16-36-29(24)41-3/h5-6,9-10,13-14,16-17,19,21H,7-8,11-12,15H2,1-4H3. The Morgan fingerprint density at radius 1 is 1.07 bits per heavy atom. The molecule has 226 valence electrons. The van der Waals surface area contributed by atoms with Crippen LogP contribution in [0.4, 0.5) is 19.0 Å². The van der Waals surface area contributed by atoms with Crippen LogP contribution in [-0.4, -0.2) is 62.6 Å². The lowest BCUT2D eigenvalue weighted by molar-refractivity contribution is -0.140. The van der Waals surface area contributed by atoms with E-state index in [2.05, 4.69) is 19.9 Å². The zero-order valence-electron chi connectivity index (χ0n) is 24.3. The number of anilines is 1. The maximum Gasteiger partial charge on any atom is 0.434 e. The Hall–Kier alpha value is -3.71. The highest BCUT2D eigenvalue weighted by Gasteiger charge is 2.36. The van der Waals surface area contributed by atoms with Crippen molar-refractivity contribution in [2.24, 2.45) is 0 Å². The van der Waals surface area contributed by atoms with Crippen LogP contribution < -0.4 is 9.64 Å². The van der Waals surface area contributed by atoms with Crippen LogP contribution in [0.15, 0.2) is 47.9 Å². The molecular weight excluding hydrogens is 579 g/mol. The summed E-state index contributed by atoms with van der Waals surface area (Å²) in [5.74, 6) is 2.34. The van der Waals surface area contributed by atoms with Crippen LogP contribution in [0.5, 0.6) is 5.88 Å². The first-order chi connectivity index (χ1) is 20.7. The molecule has 1 saturated carbocycles. The molecule has 0 radical (unpaired) electrons. The van der Waals surface area contributed by atoms with Crippen molar-refractivity contribution in [1.29, 1.82) is 0 Å². The Kier molecular flexibility index (Phi) is 8.03. The molecule has 1 aliphatic heterocycles. The predicted molar refractivity (Wildman–Crippen MR) is 157 cm³/mol. The third-order valence-corrected chi connectivity index (χ3v) is 8.44. The van der Waals surface area contributed by atoms with Crippen LogP contribution in [0.3, 0.4) is 0 Å². The van der Waals surface area contributed by atoms with E-state index in [-0.39, 0.29) is 17.9 Å². The van der Waals surface area contributed by atoms with Gasteiger partial charge >= 0.3 is 6.18 Å². The molecule has 6 rings (SSSR count). The van der Waals surface area contributed by atoms with Crippen LogP contribution in [0.25, 0.3) is 22.8 Å². The van der Waals surface area contributed by atoms with Gasteiger partial charge in [-0.15, -0.1) is 11.8 Å². The number of halogens is 3. The highest BCUT2D eigenvalue weighted by atomic mass is 32.2. The molecule has 13 heteroatoms. The zero-order valence-corrected chi connectivity index (χ0v) is 25.1. The first kappa shape index (κ1) is 29.4. The van der Waals surface area contributed by atoms with Crippen molar-refractivity contribution in [3.05, 3.63) is 59.9 Å². The molecule has 0 amide bonds. The molecule has 9 nitrogen and oxygen atoms in total.